The van der Waals surface area contributed by atoms with E-state index in [-0.39, 0.29) is 0 Å². The quantitative estimate of drug-likeness (QED) is 0.785. The molecule has 0 aromatic heterocycles. The molecule has 92 valence electrons. The highest BCUT2D eigenvalue weighted by Gasteiger charge is 2.08. The molecule has 0 aliphatic rings. The van der Waals surface area contributed by atoms with Gasteiger partial charge >= 0.3 is 0 Å². The molecule has 2 aromatic rings. The first-order chi connectivity index (χ1) is 8.00. The lowest BCUT2D eigenvalue weighted by molar-refractivity contribution is 0.495. The summed E-state index contributed by atoms with van der Waals surface area (Å²) >= 11 is 0. The SMILES string of the molecule is CS(O)(O)c1ccc2ccc(CCN)cc2c1. The summed E-state index contributed by atoms with van der Waals surface area (Å²) in [5, 5.41) is 2.12. The van der Waals surface area contributed by atoms with Crippen molar-refractivity contribution in [2.45, 2.75) is 11.3 Å². The highest BCUT2D eigenvalue weighted by atomic mass is 32.3. The molecular weight excluding hydrogens is 234 g/mol. The second-order valence-electron chi connectivity index (χ2n) is 4.22. The molecule has 0 amide bonds. The third kappa shape index (κ3) is 2.79. The molecule has 0 atom stereocenters. The highest BCUT2D eigenvalue weighted by Crippen LogP contribution is 2.44. The second kappa shape index (κ2) is 4.66. The Balaban J connectivity index is 2.51. The minimum Gasteiger partial charge on any atom is -0.330 e. The average molecular weight is 251 g/mol. The van der Waals surface area contributed by atoms with Crippen molar-refractivity contribution in [1.29, 1.82) is 0 Å². The lowest BCUT2D eigenvalue weighted by Crippen LogP contribution is -2.02. The zero-order valence-electron chi connectivity index (χ0n) is 9.76. The molecule has 0 saturated heterocycles. The number of hydrogen-bond acceptors (Lipinski definition) is 3. The van der Waals surface area contributed by atoms with E-state index in [1.165, 1.54) is 11.8 Å². The maximum absolute atomic E-state index is 9.64. The minimum atomic E-state index is -2.64. The van der Waals surface area contributed by atoms with E-state index >= 15 is 0 Å². The van der Waals surface area contributed by atoms with E-state index in [1.54, 1.807) is 6.07 Å². The zero-order chi connectivity index (χ0) is 12.5. The molecule has 3 nitrogen and oxygen atoms in total. The van der Waals surface area contributed by atoms with Crippen LogP contribution in [0.5, 0.6) is 0 Å². The number of hydrogen-bond donors (Lipinski definition) is 3. The summed E-state index contributed by atoms with van der Waals surface area (Å²) in [6.45, 7) is 0.619. The van der Waals surface area contributed by atoms with Gasteiger partial charge in [0.15, 0.2) is 0 Å². The molecular formula is C13H17NO2S. The summed E-state index contributed by atoms with van der Waals surface area (Å²) in [7, 11) is -2.64. The van der Waals surface area contributed by atoms with Crippen LogP contribution in [0.4, 0.5) is 0 Å². The molecule has 0 spiro atoms. The summed E-state index contributed by atoms with van der Waals surface area (Å²) in [5.74, 6) is 0. The third-order valence-corrected chi connectivity index (χ3v) is 3.90. The van der Waals surface area contributed by atoms with E-state index in [0.717, 1.165) is 17.2 Å². The Morgan fingerprint density at radius 2 is 1.76 bits per heavy atom. The van der Waals surface area contributed by atoms with Gasteiger partial charge in [-0.1, -0.05) is 24.3 Å². The van der Waals surface area contributed by atoms with Gasteiger partial charge in [-0.2, -0.15) is 10.6 Å². The van der Waals surface area contributed by atoms with Crippen molar-refractivity contribution in [2.24, 2.45) is 5.73 Å². The minimum absolute atomic E-state index is 0.579. The summed E-state index contributed by atoms with van der Waals surface area (Å²) < 4.78 is 19.3. The van der Waals surface area contributed by atoms with Gasteiger partial charge in [0, 0.05) is 6.26 Å². The largest absolute Gasteiger partial charge is 0.330 e. The van der Waals surface area contributed by atoms with E-state index in [4.69, 9.17) is 5.73 Å². The maximum atomic E-state index is 9.64. The van der Waals surface area contributed by atoms with Crippen molar-refractivity contribution in [2.75, 3.05) is 12.8 Å². The fourth-order valence-electron chi connectivity index (χ4n) is 1.84. The summed E-state index contributed by atoms with van der Waals surface area (Å²) in [6.07, 6.45) is 2.28. The predicted octanol–water partition coefficient (Wildman–Crippen LogP) is 3.08. The molecule has 0 radical (unpaired) electrons. The first-order valence-electron chi connectivity index (χ1n) is 5.47. The zero-order valence-corrected chi connectivity index (χ0v) is 10.6. The van der Waals surface area contributed by atoms with Crippen LogP contribution in [-0.2, 0) is 6.42 Å². The first-order valence-corrected chi connectivity index (χ1v) is 7.42. The van der Waals surface area contributed by atoms with Crippen LogP contribution in [0.15, 0.2) is 41.3 Å². The van der Waals surface area contributed by atoms with Gasteiger partial charge in [0.2, 0.25) is 0 Å². The molecule has 2 aromatic carbocycles. The molecule has 0 heterocycles. The molecule has 4 heteroatoms. The standard InChI is InChI=1S/C13H17NO2S/c1-17(15,16)13-5-4-11-3-2-10(6-7-14)8-12(11)9-13/h2-5,8-9,15-16H,6-7,14H2,1H3. The Labute approximate surface area is 103 Å². The van der Waals surface area contributed by atoms with Gasteiger partial charge < -0.3 is 5.73 Å². The fourth-order valence-corrected chi connectivity index (χ4v) is 2.51. The van der Waals surface area contributed by atoms with E-state index in [9.17, 15) is 9.11 Å². The van der Waals surface area contributed by atoms with Crippen molar-refractivity contribution in [1.82, 2.24) is 0 Å². The van der Waals surface area contributed by atoms with E-state index < -0.39 is 10.6 Å². The first kappa shape index (κ1) is 12.4. The Hall–Kier alpha value is -1.07. The smallest absolute Gasteiger partial charge is 0.0587 e. The van der Waals surface area contributed by atoms with Crippen molar-refractivity contribution in [3.05, 3.63) is 42.0 Å². The van der Waals surface area contributed by atoms with Crippen LogP contribution in [0.2, 0.25) is 0 Å². The highest BCUT2D eigenvalue weighted by molar-refractivity contribution is 8.23. The molecule has 17 heavy (non-hydrogen) atoms. The van der Waals surface area contributed by atoms with Crippen LogP contribution in [0, 0.1) is 0 Å². The Morgan fingerprint density at radius 1 is 1.06 bits per heavy atom. The number of nitrogens with two attached hydrogens (primary N) is 1. The Morgan fingerprint density at radius 3 is 2.41 bits per heavy atom. The third-order valence-electron chi connectivity index (χ3n) is 2.76. The topological polar surface area (TPSA) is 66.5 Å². The molecule has 2 rings (SSSR count). The monoisotopic (exact) mass is 251 g/mol. The summed E-state index contributed by atoms with van der Waals surface area (Å²) in [4.78, 5) is 0.579. The molecule has 0 aliphatic carbocycles. The second-order valence-corrected chi connectivity index (χ2v) is 6.35. The lowest BCUT2D eigenvalue weighted by atomic mass is 10.1. The molecule has 0 aliphatic heterocycles. The van der Waals surface area contributed by atoms with Gasteiger partial charge in [-0.3, -0.25) is 9.11 Å². The average Bonchev–Trinajstić information content (AvgIpc) is 2.27. The predicted molar refractivity (Wildman–Crippen MR) is 73.7 cm³/mol. The van der Waals surface area contributed by atoms with Crippen LogP contribution >= 0.6 is 10.6 Å². The van der Waals surface area contributed by atoms with Crippen molar-refractivity contribution < 1.29 is 9.11 Å². The number of benzene rings is 2. The Kier molecular flexibility index (Phi) is 3.40. The van der Waals surface area contributed by atoms with Crippen LogP contribution in [0.25, 0.3) is 10.8 Å². The molecule has 0 bridgehead atoms. The van der Waals surface area contributed by atoms with Crippen molar-refractivity contribution in [3.8, 4) is 0 Å². The normalized spacial score (nSPS) is 12.9. The fraction of sp³-hybridized carbons (Fsp3) is 0.231. The Bertz CT molecular complexity index is 534. The summed E-state index contributed by atoms with van der Waals surface area (Å²) in [6, 6.07) is 11.7. The van der Waals surface area contributed by atoms with Crippen molar-refractivity contribution in [3.63, 3.8) is 0 Å². The van der Waals surface area contributed by atoms with Crippen LogP contribution in [-0.4, -0.2) is 21.9 Å². The summed E-state index contributed by atoms with van der Waals surface area (Å²) in [5.41, 5.74) is 6.70. The van der Waals surface area contributed by atoms with Crippen LogP contribution in [0.3, 0.4) is 0 Å². The van der Waals surface area contributed by atoms with Gasteiger partial charge in [0.05, 0.1) is 4.90 Å². The maximum Gasteiger partial charge on any atom is 0.0587 e. The molecule has 0 fully saturated rings. The van der Waals surface area contributed by atoms with E-state index in [0.29, 0.717) is 11.4 Å². The lowest BCUT2D eigenvalue weighted by Gasteiger charge is -2.27. The van der Waals surface area contributed by atoms with E-state index in [2.05, 4.69) is 12.1 Å². The van der Waals surface area contributed by atoms with Gasteiger partial charge in [-0.25, -0.2) is 0 Å². The van der Waals surface area contributed by atoms with Gasteiger partial charge in [-0.05, 0) is 41.4 Å². The van der Waals surface area contributed by atoms with Gasteiger partial charge in [-0.15, -0.1) is 0 Å². The molecule has 0 saturated carbocycles. The molecule has 4 N–H and O–H groups in total. The van der Waals surface area contributed by atoms with E-state index in [1.807, 2.05) is 18.2 Å². The number of rotatable bonds is 3. The number of fused-ring (bicyclic) bond motifs is 1. The van der Waals surface area contributed by atoms with Gasteiger partial charge in [0.1, 0.15) is 0 Å². The van der Waals surface area contributed by atoms with Crippen LogP contribution in [0.1, 0.15) is 5.56 Å². The van der Waals surface area contributed by atoms with Crippen molar-refractivity contribution >= 4 is 21.4 Å². The van der Waals surface area contributed by atoms with Gasteiger partial charge in [0.25, 0.3) is 0 Å². The molecule has 0 unspecified atom stereocenters. The van der Waals surface area contributed by atoms with Crippen LogP contribution < -0.4 is 5.73 Å².